The van der Waals surface area contributed by atoms with Crippen LogP contribution in [0.25, 0.3) is 0 Å². The third-order valence-electron chi connectivity index (χ3n) is 3.88. The molecule has 1 rings (SSSR count). The van der Waals surface area contributed by atoms with E-state index in [0.717, 1.165) is 21.6 Å². The van der Waals surface area contributed by atoms with Crippen molar-refractivity contribution in [3.8, 4) is 0 Å². The van der Waals surface area contributed by atoms with Crippen LogP contribution in [0.2, 0.25) is 5.02 Å². The van der Waals surface area contributed by atoms with Crippen molar-refractivity contribution in [1.82, 2.24) is 5.32 Å². The fourth-order valence-electron chi connectivity index (χ4n) is 2.62. The minimum absolute atomic E-state index is 0.0972. The van der Waals surface area contributed by atoms with E-state index in [1.807, 2.05) is 18.2 Å². The summed E-state index contributed by atoms with van der Waals surface area (Å²) in [5.74, 6) is 1.94. The summed E-state index contributed by atoms with van der Waals surface area (Å²) in [6.45, 7) is 10.6. The van der Waals surface area contributed by atoms with E-state index in [0.29, 0.717) is 24.3 Å². The predicted molar refractivity (Wildman–Crippen MR) is 92.1 cm³/mol. The van der Waals surface area contributed by atoms with Gasteiger partial charge < -0.3 is 11.1 Å². The molecular formula is C16H26BrClN2. The van der Waals surface area contributed by atoms with Gasteiger partial charge in [0.2, 0.25) is 0 Å². The highest BCUT2D eigenvalue weighted by molar-refractivity contribution is 9.10. The van der Waals surface area contributed by atoms with Crippen molar-refractivity contribution in [2.45, 2.75) is 33.7 Å². The van der Waals surface area contributed by atoms with Crippen LogP contribution in [-0.4, -0.2) is 13.1 Å². The van der Waals surface area contributed by atoms with E-state index in [4.69, 9.17) is 17.3 Å². The van der Waals surface area contributed by atoms with Crippen molar-refractivity contribution in [3.63, 3.8) is 0 Å². The Balaban J connectivity index is 2.79. The molecule has 3 N–H and O–H groups in total. The molecule has 0 aliphatic rings. The van der Waals surface area contributed by atoms with E-state index in [2.05, 4.69) is 48.9 Å². The molecule has 0 heterocycles. The van der Waals surface area contributed by atoms with Gasteiger partial charge in [-0.3, -0.25) is 0 Å². The smallest absolute Gasteiger partial charge is 0.0459 e. The van der Waals surface area contributed by atoms with Gasteiger partial charge in [-0.1, -0.05) is 55.2 Å². The van der Waals surface area contributed by atoms with Gasteiger partial charge in [0, 0.05) is 22.1 Å². The van der Waals surface area contributed by atoms with Crippen molar-refractivity contribution in [2.75, 3.05) is 13.1 Å². The van der Waals surface area contributed by atoms with Crippen molar-refractivity contribution < 1.29 is 0 Å². The summed E-state index contributed by atoms with van der Waals surface area (Å²) in [5.41, 5.74) is 6.99. The number of rotatable bonds is 7. The highest BCUT2D eigenvalue weighted by atomic mass is 79.9. The van der Waals surface area contributed by atoms with Crippen LogP contribution in [0.15, 0.2) is 22.7 Å². The first kappa shape index (κ1) is 18.0. The first-order valence-electron chi connectivity index (χ1n) is 7.25. The molecule has 0 saturated heterocycles. The molecule has 1 aromatic carbocycles. The quantitative estimate of drug-likeness (QED) is 0.743. The van der Waals surface area contributed by atoms with Gasteiger partial charge in [0.05, 0.1) is 0 Å². The highest BCUT2D eigenvalue weighted by Crippen LogP contribution is 2.27. The number of nitrogens with two attached hydrogens (primary N) is 1. The fraction of sp³-hybridized carbons (Fsp3) is 0.625. The lowest BCUT2D eigenvalue weighted by molar-refractivity contribution is 0.266. The molecule has 1 aromatic rings. The van der Waals surface area contributed by atoms with Crippen LogP contribution in [0.1, 0.15) is 39.3 Å². The molecule has 0 radical (unpaired) electrons. The van der Waals surface area contributed by atoms with Crippen LogP contribution in [-0.2, 0) is 0 Å². The van der Waals surface area contributed by atoms with E-state index >= 15 is 0 Å². The largest absolute Gasteiger partial charge is 0.329 e. The zero-order chi connectivity index (χ0) is 15.3. The lowest BCUT2D eigenvalue weighted by atomic mass is 9.85. The van der Waals surface area contributed by atoms with E-state index < -0.39 is 0 Å². The standard InChI is InChI=1S/C16H26BrClN2/c1-10(2)14(11(3)4)9-20-16(8-19)13-7-12(17)5-6-15(13)18/h5-7,10-11,14,16,20H,8-9,19H2,1-4H3. The summed E-state index contributed by atoms with van der Waals surface area (Å²) >= 11 is 9.79. The minimum atomic E-state index is 0.0972. The average Bonchev–Trinajstić information content (AvgIpc) is 2.37. The Kier molecular flexibility index (Phi) is 7.52. The number of halogens is 2. The van der Waals surface area contributed by atoms with Gasteiger partial charge in [-0.05, 0) is 48.1 Å². The fourth-order valence-corrected chi connectivity index (χ4v) is 3.25. The predicted octanol–water partition coefficient (Wildman–Crippen LogP) is 4.62. The van der Waals surface area contributed by atoms with E-state index in [9.17, 15) is 0 Å². The lowest BCUT2D eigenvalue weighted by Gasteiger charge is -2.28. The Bertz CT molecular complexity index is 413. The molecule has 0 amide bonds. The average molecular weight is 362 g/mol. The molecule has 1 unspecified atom stereocenters. The van der Waals surface area contributed by atoms with Crippen LogP contribution in [0, 0.1) is 17.8 Å². The molecule has 0 bridgehead atoms. The van der Waals surface area contributed by atoms with Gasteiger partial charge in [-0.2, -0.15) is 0 Å². The second kappa shape index (κ2) is 8.38. The number of hydrogen-bond acceptors (Lipinski definition) is 2. The van der Waals surface area contributed by atoms with Crippen molar-refractivity contribution >= 4 is 27.5 Å². The van der Waals surface area contributed by atoms with Crippen LogP contribution in [0.4, 0.5) is 0 Å². The molecule has 0 aromatic heterocycles. The summed E-state index contributed by atoms with van der Waals surface area (Å²) in [4.78, 5) is 0. The third kappa shape index (κ3) is 5.03. The van der Waals surface area contributed by atoms with Gasteiger partial charge >= 0.3 is 0 Å². The summed E-state index contributed by atoms with van der Waals surface area (Å²) < 4.78 is 1.03. The summed E-state index contributed by atoms with van der Waals surface area (Å²) in [6.07, 6.45) is 0. The summed E-state index contributed by atoms with van der Waals surface area (Å²) in [7, 11) is 0. The highest BCUT2D eigenvalue weighted by Gasteiger charge is 2.20. The summed E-state index contributed by atoms with van der Waals surface area (Å²) in [6, 6.07) is 6.00. The monoisotopic (exact) mass is 360 g/mol. The Labute approximate surface area is 136 Å². The molecule has 0 spiro atoms. The van der Waals surface area contributed by atoms with Gasteiger partial charge in [-0.15, -0.1) is 0 Å². The van der Waals surface area contributed by atoms with Gasteiger partial charge in [0.15, 0.2) is 0 Å². The second-order valence-electron chi connectivity index (χ2n) is 6.01. The van der Waals surface area contributed by atoms with E-state index in [1.165, 1.54) is 0 Å². The van der Waals surface area contributed by atoms with Crippen molar-refractivity contribution in [1.29, 1.82) is 0 Å². The molecular weight excluding hydrogens is 336 g/mol. The van der Waals surface area contributed by atoms with Gasteiger partial charge in [0.1, 0.15) is 0 Å². The molecule has 114 valence electrons. The zero-order valence-corrected chi connectivity index (χ0v) is 15.1. The number of benzene rings is 1. The summed E-state index contributed by atoms with van der Waals surface area (Å²) in [5, 5.41) is 4.35. The molecule has 0 saturated carbocycles. The zero-order valence-electron chi connectivity index (χ0n) is 12.8. The maximum absolute atomic E-state index is 6.29. The number of nitrogens with one attached hydrogen (secondary N) is 1. The van der Waals surface area contributed by atoms with Crippen LogP contribution < -0.4 is 11.1 Å². The van der Waals surface area contributed by atoms with Gasteiger partial charge in [-0.25, -0.2) is 0 Å². The van der Waals surface area contributed by atoms with E-state index in [-0.39, 0.29) is 6.04 Å². The molecule has 0 fully saturated rings. The minimum Gasteiger partial charge on any atom is -0.329 e. The van der Waals surface area contributed by atoms with Crippen molar-refractivity contribution in [2.24, 2.45) is 23.5 Å². The van der Waals surface area contributed by atoms with Crippen molar-refractivity contribution in [3.05, 3.63) is 33.3 Å². The Hall–Kier alpha value is -0.0900. The normalized spacial score (nSPS) is 13.5. The maximum Gasteiger partial charge on any atom is 0.0459 e. The van der Waals surface area contributed by atoms with Crippen LogP contribution in [0.5, 0.6) is 0 Å². The first-order chi connectivity index (χ1) is 9.36. The Morgan fingerprint density at radius 1 is 1.20 bits per heavy atom. The molecule has 0 aliphatic heterocycles. The molecule has 1 atom stereocenters. The second-order valence-corrected chi connectivity index (χ2v) is 7.34. The SMILES string of the molecule is CC(C)C(CNC(CN)c1cc(Br)ccc1Cl)C(C)C. The molecule has 0 aliphatic carbocycles. The van der Waals surface area contributed by atoms with E-state index in [1.54, 1.807) is 0 Å². The van der Waals surface area contributed by atoms with Gasteiger partial charge in [0.25, 0.3) is 0 Å². The molecule has 4 heteroatoms. The van der Waals surface area contributed by atoms with Crippen LogP contribution >= 0.6 is 27.5 Å². The Morgan fingerprint density at radius 2 is 1.80 bits per heavy atom. The first-order valence-corrected chi connectivity index (χ1v) is 8.42. The Morgan fingerprint density at radius 3 is 2.30 bits per heavy atom. The number of hydrogen-bond donors (Lipinski definition) is 2. The molecule has 20 heavy (non-hydrogen) atoms. The topological polar surface area (TPSA) is 38.0 Å². The molecule has 2 nitrogen and oxygen atoms in total. The maximum atomic E-state index is 6.29. The lowest BCUT2D eigenvalue weighted by Crippen LogP contribution is -2.35. The third-order valence-corrected chi connectivity index (χ3v) is 4.72. The van der Waals surface area contributed by atoms with Crippen LogP contribution in [0.3, 0.4) is 0 Å².